The minimum Gasteiger partial charge on any atom is -0.355 e. The number of amides is 1. The zero-order valence-electron chi connectivity index (χ0n) is 21.0. The maximum absolute atomic E-state index is 12.9. The lowest BCUT2D eigenvalue weighted by molar-refractivity contribution is -0.135. The van der Waals surface area contributed by atoms with Crippen LogP contribution in [0.15, 0.2) is 4.99 Å². The molecule has 0 radical (unpaired) electrons. The second-order valence-electron chi connectivity index (χ2n) is 10.8. The Labute approximate surface area is 218 Å². The van der Waals surface area contributed by atoms with E-state index in [9.17, 15) is 4.79 Å². The number of halogens is 1. The van der Waals surface area contributed by atoms with Crippen molar-refractivity contribution in [2.45, 2.75) is 82.2 Å². The van der Waals surface area contributed by atoms with Gasteiger partial charge in [0.25, 0.3) is 0 Å². The molecule has 1 amide bonds. The van der Waals surface area contributed by atoms with E-state index in [0.29, 0.717) is 11.9 Å². The summed E-state index contributed by atoms with van der Waals surface area (Å²) in [5.41, 5.74) is 0.239. The van der Waals surface area contributed by atoms with Crippen molar-refractivity contribution in [3.63, 3.8) is 0 Å². The van der Waals surface area contributed by atoms with Gasteiger partial charge in [0, 0.05) is 44.2 Å². The van der Waals surface area contributed by atoms with E-state index in [4.69, 9.17) is 0 Å². The monoisotopic (exact) mass is 574 g/mol. The molecule has 1 unspecified atom stereocenters. The summed E-state index contributed by atoms with van der Waals surface area (Å²) < 4.78 is 0. The van der Waals surface area contributed by atoms with Crippen LogP contribution in [0.2, 0.25) is 0 Å². The van der Waals surface area contributed by atoms with Crippen molar-refractivity contribution in [2.24, 2.45) is 10.9 Å². The van der Waals surface area contributed by atoms with Gasteiger partial charge < -0.3 is 20.4 Å². The Hall–Kier alpha value is -0.610. The predicted octanol–water partition coefficient (Wildman–Crippen LogP) is 2.90. The number of aliphatic imine (C=N–C) groups is 1. The molecule has 0 aromatic rings. The summed E-state index contributed by atoms with van der Waals surface area (Å²) in [5, 5.41) is 7.34. The molecule has 4 rings (SSSR count). The lowest BCUT2D eigenvalue weighted by atomic mass is 9.84. The van der Waals surface area contributed by atoms with Crippen LogP contribution < -0.4 is 10.6 Å². The van der Waals surface area contributed by atoms with Gasteiger partial charge in [-0.3, -0.25) is 14.7 Å². The highest BCUT2D eigenvalue weighted by atomic mass is 127. The van der Waals surface area contributed by atoms with E-state index in [2.05, 4.69) is 37.4 Å². The topological polar surface area (TPSA) is 63.2 Å². The molecule has 1 atom stereocenters. The van der Waals surface area contributed by atoms with Gasteiger partial charge >= 0.3 is 0 Å². The van der Waals surface area contributed by atoms with E-state index in [0.717, 1.165) is 44.9 Å². The van der Waals surface area contributed by atoms with Gasteiger partial charge in [-0.15, -0.1) is 24.0 Å². The van der Waals surface area contributed by atoms with Crippen LogP contribution in [-0.4, -0.2) is 98.1 Å². The number of hydrogen-bond acceptors (Lipinski definition) is 4. The smallest absolute Gasteiger partial charge is 0.225 e. The van der Waals surface area contributed by atoms with Crippen LogP contribution in [0.25, 0.3) is 0 Å². The lowest BCUT2D eigenvalue weighted by Gasteiger charge is -2.50. The summed E-state index contributed by atoms with van der Waals surface area (Å²) >= 11 is 0. The standard InChI is InChI=1S/C25H46N6O.HI/c1-26-24(28-22-11-16-30(19-22)23(32)21-9-5-3-6-10-21)27-20-25(12-17-29(2)18-13-25)31-14-7-4-8-15-31;/h21-22H,3-20H2,1-2H3,(H2,26,27,28);1H. The van der Waals surface area contributed by atoms with Crippen molar-refractivity contribution in [3.05, 3.63) is 0 Å². The molecular weight excluding hydrogens is 527 g/mol. The number of carbonyl (C=O) groups is 1. The van der Waals surface area contributed by atoms with Crippen LogP contribution in [0.1, 0.15) is 70.6 Å². The number of nitrogens with one attached hydrogen (secondary N) is 2. The van der Waals surface area contributed by atoms with Gasteiger partial charge in [-0.25, -0.2) is 0 Å². The van der Waals surface area contributed by atoms with Crippen LogP contribution in [0.4, 0.5) is 0 Å². The van der Waals surface area contributed by atoms with E-state index >= 15 is 0 Å². The van der Waals surface area contributed by atoms with Crippen LogP contribution in [-0.2, 0) is 4.79 Å². The van der Waals surface area contributed by atoms with E-state index < -0.39 is 0 Å². The number of likely N-dealkylation sites (tertiary alicyclic amines) is 3. The van der Waals surface area contributed by atoms with Gasteiger partial charge in [0.05, 0.1) is 0 Å². The molecule has 8 heteroatoms. The third-order valence-corrected chi connectivity index (χ3v) is 8.55. The van der Waals surface area contributed by atoms with Crippen molar-refractivity contribution in [2.75, 3.05) is 59.9 Å². The fourth-order valence-electron chi connectivity index (χ4n) is 6.33. The number of piperidine rings is 2. The average Bonchev–Trinajstić information content (AvgIpc) is 3.32. The van der Waals surface area contributed by atoms with Crippen molar-refractivity contribution in [3.8, 4) is 0 Å². The summed E-state index contributed by atoms with van der Waals surface area (Å²) in [7, 11) is 4.12. The Morgan fingerprint density at radius 2 is 1.61 bits per heavy atom. The Balaban J connectivity index is 0.00000306. The summed E-state index contributed by atoms with van der Waals surface area (Å²) in [6.07, 6.45) is 13.4. The molecule has 0 aromatic heterocycles. The summed E-state index contributed by atoms with van der Waals surface area (Å²) in [6.45, 7) is 7.47. The van der Waals surface area contributed by atoms with Crippen molar-refractivity contribution in [1.29, 1.82) is 0 Å². The summed E-state index contributed by atoms with van der Waals surface area (Å²) in [5.74, 6) is 1.57. The maximum atomic E-state index is 12.9. The predicted molar refractivity (Wildman–Crippen MR) is 146 cm³/mol. The Morgan fingerprint density at radius 1 is 0.939 bits per heavy atom. The minimum atomic E-state index is 0. The highest BCUT2D eigenvalue weighted by molar-refractivity contribution is 14.0. The zero-order valence-corrected chi connectivity index (χ0v) is 23.3. The van der Waals surface area contributed by atoms with Gasteiger partial charge in [0.2, 0.25) is 5.91 Å². The number of rotatable bonds is 5. The van der Waals surface area contributed by atoms with Crippen LogP contribution in [0.3, 0.4) is 0 Å². The molecule has 0 bridgehead atoms. The van der Waals surface area contributed by atoms with Crippen molar-refractivity contribution < 1.29 is 4.79 Å². The second kappa shape index (κ2) is 12.9. The number of hydrogen-bond donors (Lipinski definition) is 2. The molecule has 4 aliphatic rings. The first-order valence-corrected chi connectivity index (χ1v) is 13.3. The molecule has 190 valence electrons. The Bertz CT molecular complexity index is 639. The Morgan fingerprint density at radius 3 is 2.27 bits per heavy atom. The number of guanidine groups is 1. The second-order valence-corrected chi connectivity index (χ2v) is 10.8. The molecule has 3 saturated heterocycles. The molecule has 0 aromatic carbocycles. The fourth-order valence-corrected chi connectivity index (χ4v) is 6.33. The van der Waals surface area contributed by atoms with Gasteiger partial charge in [0.15, 0.2) is 5.96 Å². The molecule has 33 heavy (non-hydrogen) atoms. The molecular formula is C25H47IN6O. The van der Waals surface area contributed by atoms with Crippen molar-refractivity contribution >= 4 is 35.8 Å². The van der Waals surface area contributed by atoms with Gasteiger partial charge in [-0.05, 0) is 78.2 Å². The highest BCUT2D eigenvalue weighted by Gasteiger charge is 2.40. The molecule has 2 N–H and O–H groups in total. The maximum Gasteiger partial charge on any atom is 0.225 e. The van der Waals surface area contributed by atoms with Gasteiger partial charge in [0.1, 0.15) is 0 Å². The average molecular weight is 575 g/mol. The Kier molecular flexibility index (Phi) is 10.6. The molecule has 4 fully saturated rings. The van der Waals surface area contributed by atoms with Gasteiger partial charge in [-0.2, -0.15) is 0 Å². The number of carbonyl (C=O) groups excluding carboxylic acids is 1. The van der Waals surface area contributed by atoms with E-state index in [-0.39, 0.29) is 35.4 Å². The third-order valence-electron chi connectivity index (χ3n) is 8.55. The highest BCUT2D eigenvalue weighted by Crippen LogP contribution is 2.31. The first-order chi connectivity index (χ1) is 15.6. The zero-order chi connectivity index (χ0) is 22.4. The van der Waals surface area contributed by atoms with Crippen molar-refractivity contribution in [1.82, 2.24) is 25.3 Å². The van der Waals surface area contributed by atoms with E-state index in [1.807, 2.05) is 7.05 Å². The molecule has 3 heterocycles. The van der Waals surface area contributed by atoms with Crippen LogP contribution in [0.5, 0.6) is 0 Å². The SMILES string of the molecule is CN=C(NCC1(N2CCCCC2)CCN(C)CC1)NC1CCN(C(=O)C2CCCCC2)C1.I. The number of nitrogens with zero attached hydrogens (tertiary/aromatic N) is 4. The first kappa shape index (κ1) is 27.0. The molecule has 0 spiro atoms. The summed E-state index contributed by atoms with van der Waals surface area (Å²) in [6, 6.07) is 0.303. The third kappa shape index (κ3) is 6.97. The molecule has 7 nitrogen and oxygen atoms in total. The molecule has 3 aliphatic heterocycles. The van der Waals surface area contributed by atoms with Crippen LogP contribution in [0, 0.1) is 5.92 Å². The molecule has 1 aliphatic carbocycles. The summed E-state index contributed by atoms with van der Waals surface area (Å²) in [4.78, 5) is 24.8. The largest absolute Gasteiger partial charge is 0.355 e. The van der Waals surface area contributed by atoms with Crippen LogP contribution >= 0.6 is 24.0 Å². The first-order valence-electron chi connectivity index (χ1n) is 13.3. The van der Waals surface area contributed by atoms with Gasteiger partial charge in [-0.1, -0.05) is 25.7 Å². The van der Waals surface area contributed by atoms with E-state index in [1.54, 1.807) is 0 Å². The fraction of sp³-hybridized carbons (Fsp3) is 0.920. The van der Waals surface area contributed by atoms with E-state index in [1.165, 1.54) is 77.5 Å². The normalized spacial score (nSPS) is 27.8. The quantitative estimate of drug-likeness (QED) is 0.301. The minimum absolute atomic E-state index is 0. The lowest BCUT2D eigenvalue weighted by Crippen LogP contribution is -2.62. The molecule has 1 saturated carbocycles.